The van der Waals surface area contributed by atoms with E-state index in [1.165, 1.54) is 5.56 Å². The van der Waals surface area contributed by atoms with E-state index in [1.807, 2.05) is 45.9 Å². The third kappa shape index (κ3) is 9.75. The fraction of sp³-hybridized carbons (Fsp3) is 0.548. The molecule has 0 bridgehead atoms. The van der Waals surface area contributed by atoms with E-state index in [4.69, 9.17) is 18.9 Å². The Balaban J connectivity index is 1.79. The first-order chi connectivity index (χ1) is 17.4. The van der Waals surface area contributed by atoms with E-state index < -0.39 is 0 Å². The Labute approximate surface area is 222 Å². The molecule has 0 aliphatic heterocycles. The smallest absolute Gasteiger partial charge is 0.333 e. The van der Waals surface area contributed by atoms with Gasteiger partial charge in [0.15, 0.2) is 0 Å². The topological polar surface area (TPSA) is 71.1 Å². The molecule has 0 fully saturated rings. The summed E-state index contributed by atoms with van der Waals surface area (Å²) in [6.45, 7) is 18.1. The number of hydrogen-bond donors (Lipinski definition) is 0. The summed E-state index contributed by atoms with van der Waals surface area (Å²) < 4.78 is 22.4. The molecule has 6 nitrogen and oxygen atoms in total. The van der Waals surface area contributed by atoms with Crippen LogP contribution >= 0.6 is 0 Å². The van der Waals surface area contributed by atoms with Crippen molar-refractivity contribution in [3.8, 4) is 5.75 Å². The SMILES string of the molecule is C=C(C)C(=O)OC(C)CCOc1ccc(C(C)(C)C2C=CC(OCCC(C)OC(=O)C(C)C)=CC2)cc1. The summed E-state index contributed by atoms with van der Waals surface area (Å²) in [6.07, 6.45) is 8.16. The van der Waals surface area contributed by atoms with E-state index in [0.717, 1.165) is 17.9 Å². The summed E-state index contributed by atoms with van der Waals surface area (Å²) >= 11 is 0. The van der Waals surface area contributed by atoms with Gasteiger partial charge in [0.1, 0.15) is 23.7 Å². The normalized spacial score (nSPS) is 17.0. The van der Waals surface area contributed by atoms with Crippen molar-refractivity contribution in [3.63, 3.8) is 0 Å². The Hall–Kier alpha value is -3.02. The largest absolute Gasteiger partial charge is 0.494 e. The van der Waals surface area contributed by atoms with Crippen LogP contribution < -0.4 is 4.74 Å². The minimum absolute atomic E-state index is 0.0676. The highest BCUT2D eigenvalue weighted by molar-refractivity contribution is 5.87. The van der Waals surface area contributed by atoms with E-state index in [-0.39, 0.29) is 35.5 Å². The maximum absolute atomic E-state index is 11.7. The predicted octanol–water partition coefficient (Wildman–Crippen LogP) is 6.70. The molecule has 1 aliphatic rings. The van der Waals surface area contributed by atoms with Gasteiger partial charge in [0.25, 0.3) is 0 Å². The average Bonchev–Trinajstić information content (AvgIpc) is 2.84. The van der Waals surface area contributed by atoms with Crippen LogP contribution in [0, 0.1) is 11.8 Å². The summed E-state index contributed by atoms with van der Waals surface area (Å²) in [5.74, 6) is 1.32. The molecule has 0 heterocycles. The molecule has 37 heavy (non-hydrogen) atoms. The van der Waals surface area contributed by atoms with Gasteiger partial charge in [0, 0.05) is 18.4 Å². The number of carbonyl (C=O) groups excluding carboxylic acids is 2. The maximum Gasteiger partial charge on any atom is 0.333 e. The molecule has 1 aromatic rings. The molecule has 2 rings (SSSR count). The molecule has 0 spiro atoms. The zero-order chi connectivity index (χ0) is 27.6. The van der Waals surface area contributed by atoms with Gasteiger partial charge in [-0.25, -0.2) is 4.79 Å². The number of allylic oxidation sites excluding steroid dienone is 3. The van der Waals surface area contributed by atoms with Crippen LogP contribution in [0.3, 0.4) is 0 Å². The molecule has 3 atom stereocenters. The van der Waals surface area contributed by atoms with Gasteiger partial charge < -0.3 is 18.9 Å². The summed E-state index contributed by atoms with van der Waals surface area (Å²) in [5, 5.41) is 0. The molecule has 0 saturated heterocycles. The van der Waals surface area contributed by atoms with Crippen molar-refractivity contribution in [2.45, 2.75) is 85.4 Å². The second-order valence-corrected chi connectivity index (χ2v) is 10.7. The molecule has 0 amide bonds. The van der Waals surface area contributed by atoms with Crippen LogP contribution in [0.25, 0.3) is 0 Å². The first-order valence-electron chi connectivity index (χ1n) is 13.2. The Kier molecular flexibility index (Phi) is 11.5. The summed E-state index contributed by atoms with van der Waals surface area (Å²) in [5.41, 5.74) is 1.56. The molecule has 3 unspecified atom stereocenters. The second kappa shape index (κ2) is 14.1. The van der Waals surface area contributed by atoms with Crippen LogP contribution in [0.15, 0.2) is 60.4 Å². The molecule has 0 saturated carbocycles. The molecule has 204 valence electrons. The highest BCUT2D eigenvalue weighted by Crippen LogP contribution is 2.38. The molecular formula is C31H44O6. The van der Waals surface area contributed by atoms with Gasteiger partial charge in [-0.1, -0.05) is 52.5 Å². The summed E-state index contributed by atoms with van der Waals surface area (Å²) in [7, 11) is 0. The zero-order valence-electron chi connectivity index (χ0n) is 23.5. The first kappa shape index (κ1) is 30.2. The van der Waals surface area contributed by atoms with Gasteiger partial charge in [-0.05, 0) is 68.4 Å². The van der Waals surface area contributed by atoms with Gasteiger partial charge in [-0.3, -0.25) is 4.79 Å². The molecule has 0 aromatic heterocycles. The van der Waals surface area contributed by atoms with Crippen molar-refractivity contribution in [1.82, 2.24) is 0 Å². The van der Waals surface area contributed by atoms with Gasteiger partial charge in [0.2, 0.25) is 0 Å². The molecule has 1 aromatic carbocycles. The van der Waals surface area contributed by atoms with E-state index in [2.05, 4.69) is 44.7 Å². The van der Waals surface area contributed by atoms with Crippen molar-refractivity contribution in [1.29, 1.82) is 0 Å². The van der Waals surface area contributed by atoms with Gasteiger partial charge in [-0.15, -0.1) is 0 Å². The quantitative estimate of drug-likeness (QED) is 0.204. The van der Waals surface area contributed by atoms with Gasteiger partial charge in [-0.2, -0.15) is 0 Å². The van der Waals surface area contributed by atoms with Crippen molar-refractivity contribution in [3.05, 3.63) is 66.0 Å². The van der Waals surface area contributed by atoms with E-state index in [9.17, 15) is 9.59 Å². The van der Waals surface area contributed by atoms with E-state index >= 15 is 0 Å². The summed E-state index contributed by atoms with van der Waals surface area (Å²) in [6, 6.07) is 8.21. The monoisotopic (exact) mass is 512 g/mol. The molecule has 6 heteroatoms. The lowest BCUT2D eigenvalue weighted by Crippen LogP contribution is -2.28. The van der Waals surface area contributed by atoms with Crippen molar-refractivity contribution in [2.24, 2.45) is 11.8 Å². The minimum Gasteiger partial charge on any atom is -0.494 e. The lowest BCUT2D eigenvalue weighted by atomic mass is 9.71. The predicted molar refractivity (Wildman–Crippen MR) is 146 cm³/mol. The molecule has 1 aliphatic carbocycles. The number of esters is 2. The van der Waals surface area contributed by atoms with Crippen molar-refractivity contribution < 1.29 is 28.5 Å². The Morgan fingerprint density at radius 1 is 0.973 bits per heavy atom. The van der Waals surface area contributed by atoms with Gasteiger partial charge in [0.05, 0.1) is 19.1 Å². The van der Waals surface area contributed by atoms with Crippen LogP contribution in [-0.2, 0) is 29.2 Å². The zero-order valence-corrected chi connectivity index (χ0v) is 23.5. The third-order valence-electron chi connectivity index (χ3n) is 6.62. The second-order valence-electron chi connectivity index (χ2n) is 10.7. The van der Waals surface area contributed by atoms with Crippen LogP contribution in [0.5, 0.6) is 5.75 Å². The number of rotatable bonds is 14. The average molecular weight is 513 g/mol. The standard InChI is InChI=1S/C31H44O6/c1-21(2)29(32)36-23(5)17-19-34-27-13-9-25(10-14-27)31(7,8)26-11-15-28(16-12-26)35-20-18-24(6)37-30(33)22(3)4/h9-11,13-16,22-24,26H,1,12,17-20H2,2-8H3. The lowest BCUT2D eigenvalue weighted by molar-refractivity contribution is -0.152. The number of ether oxygens (including phenoxy) is 4. The van der Waals surface area contributed by atoms with Gasteiger partial charge >= 0.3 is 11.9 Å². The first-order valence-corrected chi connectivity index (χ1v) is 13.2. The van der Waals surface area contributed by atoms with Crippen molar-refractivity contribution >= 4 is 11.9 Å². The number of carbonyl (C=O) groups is 2. The van der Waals surface area contributed by atoms with Crippen molar-refractivity contribution in [2.75, 3.05) is 13.2 Å². The molecule has 0 N–H and O–H groups in total. The van der Waals surface area contributed by atoms with Crippen LogP contribution in [-0.4, -0.2) is 37.4 Å². The van der Waals surface area contributed by atoms with Crippen LogP contribution in [0.4, 0.5) is 0 Å². The fourth-order valence-corrected chi connectivity index (χ4v) is 3.86. The number of benzene rings is 1. The molecule has 0 radical (unpaired) electrons. The van der Waals surface area contributed by atoms with Crippen LogP contribution in [0.1, 0.15) is 73.3 Å². The lowest BCUT2D eigenvalue weighted by Gasteiger charge is -2.34. The highest BCUT2D eigenvalue weighted by atomic mass is 16.6. The Morgan fingerprint density at radius 3 is 2.11 bits per heavy atom. The third-order valence-corrected chi connectivity index (χ3v) is 6.62. The fourth-order valence-electron chi connectivity index (χ4n) is 3.86. The molecular weight excluding hydrogens is 468 g/mol. The highest BCUT2D eigenvalue weighted by Gasteiger charge is 2.30. The summed E-state index contributed by atoms with van der Waals surface area (Å²) in [4.78, 5) is 23.3. The minimum atomic E-state index is -0.372. The Morgan fingerprint density at radius 2 is 1.57 bits per heavy atom. The van der Waals surface area contributed by atoms with Crippen LogP contribution in [0.2, 0.25) is 0 Å². The van der Waals surface area contributed by atoms with E-state index in [0.29, 0.717) is 37.5 Å². The Bertz CT molecular complexity index is 970. The van der Waals surface area contributed by atoms with E-state index in [1.54, 1.807) is 6.92 Å². The maximum atomic E-state index is 11.7. The number of hydrogen-bond acceptors (Lipinski definition) is 6.